The number of ketones is 1. The molecule has 0 saturated carbocycles. The van der Waals surface area contributed by atoms with E-state index >= 15 is 0 Å². The molecule has 2 fully saturated rings. The Hall–Kier alpha value is -8.02. The van der Waals surface area contributed by atoms with Crippen LogP contribution in [-0.2, 0) is 35.6 Å². The molecule has 2 saturated heterocycles. The minimum atomic E-state index is -3.62. The summed E-state index contributed by atoms with van der Waals surface area (Å²) in [6, 6.07) is 16.2. The van der Waals surface area contributed by atoms with E-state index in [-0.39, 0.29) is 105 Å². The summed E-state index contributed by atoms with van der Waals surface area (Å²) in [6.45, 7) is 12.0. The minimum absolute atomic E-state index is 0.00888. The molecule has 5 amide bonds. The van der Waals surface area contributed by atoms with Gasteiger partial charge in [0.1, 0.15) is 35.0 Å². The third kappa shape index (κ3) is 12.5. The molecular formula is C56H62ClN9O13S. The van der Waals surface area contributed by atoms with E-state index in [9.17, 15) is 47.3 Å². The Bertz CT molecular complexity index is 3400. The van der Waals surface area contributed by atoms with Crippen molar-refractivity contribution in [2.75, 3.05) is 49.2 Å². The number of hydrogen-bond acceptors (Lipinski definition) is 19. The normalized spacial score (nSPS) is 16.1. The Kier molecular flexibility index (Phi) is 17.8. The molecule has 0 aliphatic carbocycles. The van der Waals surface area contributed by atoms with E-state index in [0.717, 1.165) is 28.9 Å². The van der Waals surface area contributed by atoms with Gasteiger partial charge >= 0.3 is 6.09 Å². The third-order valence-electron chi connectivity index (χ3n) is 14.1. The first-order valence-corrected chi connectivity index (χ1v) is 28.0. The molecule has 0 radical (unpaired) electrons. The van der Waals surface area contributed by atoms with Crippen LogP contribution in [0.5, 0.6) is 11.5 Å². The van der Waals surface area contributed by atoms with E-state index in [1.54, 1.807) is 51.1 Å². The second kappa shape index (κ2) is 24.6. The van der Waals surface area contributed by atoms with Crippen LogP contribution < -0.4 is 25.4 Å². The number of hydrogen-bond donors (Lipinski definition) is 3. The highest BCUT2D eigenvalue weighted by Crippen LogP contribution is 2.40. The molecule has 5 aromatic rings. The molecule has 422 valence electrons. The highest BCUT2D eigenvalue weighted by atomic mass is 35.5. The number of aryl methyl sites for hydroxylation is 2. The number of ether oxygens (including phenoxy) is 3. The van der Waals surface area contributed by atoms with Gasteiger partial charge in [-0.25, -0.2) is 18.2 Å². The number of carbonyl (C=O) groups excluding carboxylic acids is 6. The lowest BCUT2D eigenvalue weighted by Crippen LogP contribution is -2.57. The van der Waals surface area contributed by atoms with Gasteiger partial charge in [0, 0.05) is 31.1 Å². The molecule has 8 rings (SSSR count). The number of likely N-dealkylation sites (tertiary alicyclic amines) is 2. The first kappa shape index (κ1) is 58.1. The van der Waals surface area contributed by atoms with Gasteiger partial charge in [0.05, 0.1) is 69.1 Å². The van der Waals surface area contributed by atoms with Gasteiger partial charge in [0.25, 0.3) is 23.4 Å². The van der Waals surface area contributed by atoms with Crippen LogP contribution in [0.25, 0.3) is 0 Å². The van der Waals surface area contributed by atoms with Crippen LogP contribution in [0.4, 0.5) is 39.3 Å². The van der Waals surface area contributed by atoms with Crippen molar-refractivity contribution in [3.63, 3.8) is 0 Å². The van der Waals surface area contributed by atoms with Crippen LogP contribution >= 0.6 is 11.6 Å². The number of methoxy groups -OCH3 is 1. The molecule has 4 aromatic carbocycles. The standard InChI is InChI=1S/C56H62ClN9O13S/c1-31(2)79-47-27-39(33(5)24-43(47)61-55-59-28-40(57)51(62-55)60-41-14-8-9-16-48(41)80(75,76)32(3)4)35-19-22-63(23-20-35)29-37(67)12-11-21-58-42-15-10-13-38-50(42)54(71)64(52(38)69)44-17-18-49(68)65(53(44)70)56(72)78-30-36-26-46(77-7)34(6)25-45(36)66(73)74/h8-10,13-16,24-28,31-32,35,44,58H,11-12,17-23,29-30H2,1-7H3,(H2,59,60,61,62). The maximum atomic E-state index is 14.0. The number of piperidine rings is 2. The number of amides is 5. The van der Waals surface area contributed by atoms with E-state index in [0.29, 0.717) is 47.9 Å². The number of halogens is 1. The van der Waals surface area contributed by atoms with E-state index in [1.165, 1.54) is 37.6 Å². The van der Waals surface area contributed by atoms with Crippen molar-refractivity contribution in [2.24, 2.45) is 0 Å². The molecule has 1 atom stereocenters. The summed E-state index contributed by atoms with van der Waals surface area (Å²) in [6.07, 6.45) is 1.49. The zero-order valence-corrected chi connectivity index (χ0v) is 46.9. The topological polar surface area (TPSA) is 279 Å². The van der Waals surface area contributed by atoms with Crippen LogP contribution in [-0.4, -0.2) is 124 Å². The average molecular weight is 1140 g/mol. The number of nitro benzene ring substituents is 1. The fraction of sp³-hybridized carbons (Fsp3) is 0.393. The lowest BCUT2D eigenvalue weighted by atomic mass is 9.86. The van der Waals surface area contributed by atoms with Crippen LogP contribution in [0.15, 0.2) is 77.8 Å². The van der Waals surface area contributed by atoms with Crippen molar-refractivity contribution in [2.45, 2.75) is 115 Å². The van der Waals surface area contributed by atoms with Crippen LogP contribution in [0, 0.1) is 24.0 Å². The number of benzene rings is 4. The zero-order chi connectivity index (χ0) is 57.7. The number of nitrogens with one attached hydrogen (secondary N) is 3. The molecule has 4 heterocycles. The van der Waals surface area contributed by atoms with Crippen molar-refractivity contribution in [3.05, 3.63) is 121 Å². The average Bonchev–Trinajstić information content (AvgIpc) is 3.69. The van der Waals surface area contributed by atoms with Gasteiger partial charge in [-0.15, -0.1) is 0 Å². The first-order chi connectivity index (χ1) is 38.1. The number of aromatic nitrogens is 2. The van der Waals surface area contributed by atoms with Crippen molar-refractivity contribution in [1.29, 1.82) is 0 Å². The SMILES string of the molecule is COc1cc(COC(=O)N2C(=O)CCC(N3C(=O)c4cccc(NCCCC(=O)CN5CCC(c6cc(OC(C)C)c(Nc7ncc(Cl)c(Nc8ccccc8S(=O)(=O)C(C)C)n7)cc6C)CC5)c4C3=O)C2=O)c([N+](=O)[O-])cc1C. The summed E-state index contributed by atoms with van der Waals surface area (Å²) in [5.41, 5.74) is 3.47. The van der Waals surface area contributed by atoms with E-state index < -0.39 is 62.4 Å². The molecule has 1 unspecified atom stereocenters. The highest BCUT2D eigenvalue weighted by Gasteiger charge is 2.50. The molecule has 3 aliphatic heterocycles. The molecule has 0 spiro atoms. The largest absolute Gasteiger partial charge is 0.496 e. The summed E-state index contributed by atoms with van der Waals surface area (Å²) in [5, 5.41) is 20.8. The van der Waals surface area contributed by atoms with Gasteiger partial charge in [0.2, 0.25) is 11.9 Å². The van der Waals surface area contributed by atoms with Crippen LogP contribution in [0.2, 0.25) is 5.02 Å². The number of para-hydroxylation sites is 1. The summed E-state index contributed by atoms with van der Waals surface area (Å²) >= 11 is 6.52. The number of carbonyl (C=O) groups is 6. The van der Waals surface area contributed by atoms with E-state index in [1.807, 2.05) is 32.9 Å². The molecule has 1 aromatic heterocycles. The molecule has 24 heteroatoms. The molecule has 0 bridgehead atoms. The quantitative estimate of drug-likeness (QED) is 0.0267. The number of imide groups is 4. The van der Waals surface area contributed by atoms with Crippen LogP contribution in [0.1, 0.15) is 115 Å². The smallest absolute Gasteiger partial charge is 0.423 e. The van der Waals surface area contributed by atoms with Gasteiger partial charge in [-0.2, -0.15) is 9.88 Å². The third-order valence-corrected chi connectivity index (χ3v) is 16.6. The predicted molar refractivity (Wildman–Crippen MR) is 297 cm³/mol. The van der Waals surface area contributed by atoms with Gasteiger partial charge in [-0.1, -0.05) is 29.8 Å². The second-order valence-electron chi connectivity index (χ2n) is 20.3. The molecule has 3 aliphatic rings. The Morgan fingerprint density at radius 3 is 2.31 bits per heavy atom. The number of sulfone groups is 1. The molecule has 3 N–H and O–H groups in total. The number of nitro groups is 1. The predicted octanol–water partition coefficient (Wildman–Crippen LogP) is 9.21. The van der Waals surface area contributed by atoms with Crippen molar-refractivity contribution in [1.82, 2.24) is 24.7 Å². The second-order valence-corrected chi connectivity index (χ2v) is 23.2. The van der Waals surface area contributed by atoms with Crippen LogP contribution in [0.3, 0.4) is 0 Å². The summed E-state index contributed by atoms with van der Waals surface area (Å²) in [7, 11) is -2.26. The van der Waals surface area contributed by atoms with Crippen molar-refractivity contribution >= 4 is 91.5 Å². The van der Waals surface area contributed by atoms with Gasteiger partial charge in [0.15, 0.2) is 15.7 Å². The maximum Gasteiger partial charge on any atom is 0.423 e. The van der Waals surface area contributed by atoms with Crippen molar-refractivity contribution < 1.29 is 56.3 Å². The Balaban J connectivity index is 0.834. The fourth-order valence-corrected chi connectivity index (χ4v) is 11.4. The number of anilines is 5. The monoisotopic (exact) mass is 1140 g/mol. The van der Waals surface area contributed by atoms with Gasteiger partial charge in [-0.3, -0.25) is 43.9 Å². The maximum absolute atomic E-state index is 14.0. The zero-order valence-electron chi connectivity index (χ0n) is 45.3. The Morgan fingerprint density at radius 1 is 0.887 bits per heavy atom. The molecule has 80 heavy (non-hydrogen) atoms. The van der Waals surface area contributed by atoms with E-state index in [4.69, 9.17) is 25.8 Å². The van der Waals surface area contributed by atoms with E-state index in [2.05, 4.69) is 30.8 Å². The lowest BCUT2D eigenvalue weighted by Gasteiger charge is -2.33. The number of nitrogens with zero attached hydrogens (tertiary/aromatic N) is 6. The van der Waals surface area contributed by atoms with Gasteiger partial charge < -0.3 is 30.2 Å². The number of rotatable bonds is 21. The first-order valence-electron chi connectivity index (χ1n) is 26.1. The number of fused-ring (bicyclic) bond motifs is 1. The van der Waals surface area contributed by atoms with Crippen molar-refractivity contribution in [3.8, 4) is 11.5 Å². The summed E-state index contributed by atoms with van der Waals surface area (Å²) in [5.74, 6) is -2.14. The summed E-state index contributed by atoms with van der Waals surface area (Å²) < 4.78 is 43.0. The summed E-state index contributed by atoms with van der Waals surface area (Å²) in [4.78, 5) is 104. The lowest BCUT2D eigenvalue weighted by molar-refractivity contribution is -0.385. The Morgan fingerprint density at radius 2 is 1.61 bits per heavy atom. The fourth-order valence-electron chi connectivity index (χ4n) is 10.0. The number of Topliss-reactive ketones (excluding diaryl/α,β-unsaturated/α-hetero) is 1. The highest BCUT2D eigenvalue weighted by molar-refractivity contribution is 7.92. The Labute approximate surface area is 467 Å². The molecule has 22 nitrogen and oxygen atoms in total. The molecular weight excluding hydrogens is 1070 g/mol. The minimum Gasteiger partial charge on any atom is -0.496 e. The van der Waals surface area contributed by atoms with Gasteiger partial charge in [-0.05, 0) is 145 Å².